The molecule has 1 aromatic carbocycles. The normalized spacial score (nSPS) is 24.8. The van der Waals surface area contributed by atoms with Gasteiger partial charge in [-0.3, -0.25) is 4.90 Å². The molecule has 1 aromatic rings. The van der Waals surface area contributed by atoms with Crippen molar-refractivity contribution in [2.75, 3.05) is 13.1 Å². The van der Waals surface area contributed by atoms with E-state index in [4.69, 9.17) is 22.5 Å². The van der Waals surface area contributed by atoms with Gasteiger partial charge in [0, 0.05) is 23.7 Å². The van der Waals surface area contributed by atoms with Gasteiger partial charge in [-0.2, -0.15) is 0 Å². The van der Waals surface area contributed by atoms with Gasteiger partial charge in [-0.05, 0) is 44.4 Å². The lowest BCUT2D eigenvalue weighted by Crippen LogP contribution is -2.28. The number of rotatable bonds is 3. The van der Waals surface area contributed by atoms with Gasteiger partial charge >= 0.3 is 0 Å². The molecule has 0 saturated carbocycles. The standard InChI is InChI=1S/C15H22ClN3O2/c1-15(20)5-2-7-19(8-6-15)10-12-4-3-11(9-13(12)16)14(17)18-21/h3-4,9,20-21H,2,5-8,10H2,1H3,(H2,17,18). The fourth-order valence-electron chi connectivity index (χ4n) is 2.61. The predicted octanol–water partition coefficient (Wildman–Crippen LogP) is 2.17. The van der Waals surface area contributed by atoms with E-state index in [-0.39, 0.29) is 5.84 Å². The molecule has 0 radical (unpaired) electrons. The quantitative estimate of drug-likeness (QED) is 0.346. The first-order valence-electron chi connectivity index (χ1n) is 7.12. The third kappa shape index (κ3) is 4.33. The third-order valence-corrected chi connectivity index (χ3v) is 4.36. The summed E-state index contributed by atoms with van der Waals surface area (Å²) >= 11 is 6.28. The van der Waals surface area contributed by atoms with Crippen LogP contribution in [-0.2, 0) is 6.54 Å². The summed E-state index contributed by atoms with van der Waals surface area (Å²) in [6.07, 6.45) is 2.58. The summed E-state index contributed by atoms with van der Waals surface area (Å²) in [6, 6.07) is 5.41. The van der Waals surface area contributed by atoms with Crippen LogP contribution in [-0.4, -0.2) is 39.7 Å². The summed E-state index contributed by atoms with van der Waals surface area (Å²) in [5.74, 6) is 0.0502. The highest BCUT2D eigenvalue weighted by Crippen LogP contribution is 2.24. The van der Waals surface area contributed by atoms with Crippen LogP contribution in [0.3, 0.4) is 0 Å². The largest absolute Gasteiger partial charge is 0.409 e. The molecule has 1 atom stereocenters. The Labute approximate surface area is 130 Å². The summed E-state index contributed by atoms with van der Waals surface area (Å²) in [6.45, 7) is 4.44. The second-order valence-corrected chi connectivity index (χ2v) is 6.33. The fourth-order valence-corrected chi connectivity index (χ4v) is 2.85. The van der Waals surface area contributed by atoms with Gasteiger partial charge in [0.2, 0.25) is 0 Å². The zero-order chi connectivity index (χ0) is 15.5. The van der Waals surface area contributed by atoms with Crippen molar-refractivity contribution in [2.45, 2.75) is 38.3 Å². The SMILES string of the molecule is CC1(O)CCCN(Cc2ccc(/C(N)=N/O)cc2Cl)CC1. The van der Waals surface area contributed by atoms with Gasteiger partial charge in [0.25, 0.3) is 0 Å². The predicted molar refractivity (Wildman–Crippen MR) is 83.7 cm³/mol. The van der Waals surface area contributed by atoms with Crippen LogP contribution in [0.4, 0.5) is 0 Å². The van der Waals surface area contributed by atoms with Gasteiger partial charge in [-0.1, -0.05) is 28.9 Å². The second-order valence-electron chi connectivity index (χ2n) is 5.92. The number of hydrogen-bond donors (Lipinski definition) is 3. The maximum Gasteiger partial charge on any atom is 0.170 e. The van der Waals surface area contributed by atoms with Crippen molar-refractivity contribution in [1.82, 2.24) is 4.90 Å². The number of oxime groups is 1. The highest BCUT2D eigenvalue weighted by molar-refractivity contribution is 6.31. The minimum atomic E-state index is -0.561. The van der Waals surface area contributed by atoms with Crippen LogP contribution >= 0.6 is 11.6 Å². The number of halogens is 1. The molecule has 1 heterocycles. The molecular weight excluding hydrogens is 290 g/mol. The first kappa shape index (κ1) is 16.1. The Hall–Kier alpha value is -1.30. The molecule has 5 nitrogen and oxygen atoms in total. The maximum absolute atomic E-state index is 10.1. The average Bonchev–Trinajstić information content (AvgIpc) is 2.61. The number of likely N-dealkylation sites (tertiary alicyclic amines) is 1. The Balaban J connectivity index is 2.06. The minimum Gasteiger partial charge on any atom is -0.409 e. The molecule has 116 valence electrons. The molecule has 4 N–H and O–H groups in total. The summed E-state index contributed by atoms with van der Waals surface area (Å²) in [5.41, 5.74) is 6.60. The van der Waals surface area contributed by atoms with Gasteiger partial charge < -0.3 is 16.0 Å². The Morgan fingerprint density at radius 2 is 2.19 bits per heavy atom. The zero-order valence-corrected chi connectivity index (χ0v) is 13.0. The number of nitrogens with two attached hydrogens (primary N) is 1. The molecule has 1 aliphatic heterocycles. The van der Waals surface area contributed by atoms with E-state index in [1.54, 1.807) is 12.1 Å². The van der Waals surface area contributed by atoms with Crippen molar-refractivity contribution in [3.63, 3.8) is 0 Å². The molecule has 1 fully saturated rings. The van der Waals surface area contributed by atoms with Crippen molar-refractivity contribution in [3.8, 4) is 0 Å². The first-order chi connectivity index (χ1) is 9.91. The van der Waals surface area contributed by atoms with E-state index in [2.05, 4.69) is 10.1 Å². The van der Waals surface area contributed by atoms with E-state index in [1.165, 1.54) is 0 Å². The highest BCUT2D eigenvalue weighted by atomic mass is 35.5. The van der Waals surface area contributed by atoms with Crippen LogP contribution in [0.1, 0.15) is 37.3 Å². The van der Waals surface area contributed by atoms with E-state index < -0.39 is 5.60 Å². The number of amidine groups is 1. The molecule has 1 unspecified atom stereocenters. The number of benzene rings is 1. The number of nitrogens with zero attached hydrogens (tertiary/aromatic N) is 2. The van der Waals surface area contributed by atoms with Crippen molar-refractivity contribution >= 4 is 17.4 Å². The smallest absolute Gasteiger partial charge is 0.170 e. The second kappa shape index (κ2) is 6.64. The summed E-state index contributed by atoms with van der Waals surface area (Å²) < 4.78 is 0. The lowest BCUT2D eigenvalue weighted by Gasteiger charge is -2.23. The summed E-state index contributed by atoms with van der Waals surface area (Å²) in [5, 5.41) is 22.4. The van der Waals surface area contributed by atoms with Gasteiger partial charge in [0.1, 0.15) is 0 Å². The van der Waals surface area contributed by atoms with E-state index in [0.717, 1.165) is 44.5 Å². The highest BCUT2D eigenvalue weighted by Gasteiger charge is 2.25. The van der Waals surface area contributed by atoms with Gasteiger partial charge in [-0.25, -0.2) is 0 Å². The van der Waals surface area contributed by atoms with E-state index >= 15 is 0 Å². The van der Waals surface area contributed by atoms with E-state index in [1.807, 2.05) is 13.0 Å². The van der Waals surface area contributed by atoms with Gasteiger partial charge in [0.05, 0.1) is 5.60 Å². The molecule has 21 heavy (non-hydrogen) atoms. The monoisotopic (exact) mass is 311 g/mol. The molecule has 1 saturated heterocycles. The van der Waals surface area contributed by atoms with Crippen LogP contribution in [0.5, 0.6) is 0 Å². The van der Waals surface area contributed by atoms with Crippen LogP contribution in [0, 0.1) is 0 Å². The molecule has 0 spiro atoms. The van der Waals surface area contributed by atoms with Crippen LogP contribution in [0.15, 0.2) is 23.4 Å². The van der Waals surface area contributed by atoms with Crippen LogP contribution < -0.4 is 5.73 Å². The molecule has 0 aliphatic carbocycles. The molecule has 2 rings (SSSR count). The number of aliphatic hydroxyl groups is 1. The van der Waals surface area contributed by atoms with Crippen molar-refractivity contribution in [2.24, 2.45) is 10.9 Å². The Morgan fingerprint density at radius 3 is 2.86 bits per heavy atom. The summed E-state index contributed by atoms with van der Waals surface area (Å²) in [4.78, 5) is 2.30. The molecule has 0 bridgehead atoms. The lowest BCUT2D eigenvalue weighted by atomic mass is 9.98. The summed E-state index contributed by atoms with van der Waals surface area (Å²) in [7, 11) is 0. The number of hydrogen-bond acceptors (Lipinski definition) is 4. The van der Waals surface area contributed by atoms with Gasteiger partial charge in [0.15, 0.2) is 5.84 Å². The van der Waals surface area contributed by atoms with Crippen LogP contribution in [0.2, 0.25) is 5.02 Å². The van der Waals surface area contributed by atoms with E-state index in [9.17, 15) is 5.11 Å². The molecular formula is C15H22ClN3O2. The Morgan fingerprint density at radius 1 is 1.43 bits per heavy atom. The molecule has 6 heteroatoms. The van der Waals surface area contributed by atoms with Crippen molar-refractivity contribution in [3.05, 3.63) is 34.3 Å². The minimum absolute atomic E-state index is 0.0502. The third-order valence-electron chi connectivity index (χ3n) is 4.01. The van der Waals surface area contributed by atoms with Crippen LogP contribution in [0.25, 0.3) is 0 Å². The fraction of sp³-hybridized carbons (Fsp3) is 0.533. The first-order valence-corrected chi connectivity index (χ1v) is 7.50. The Bertz CT molecular complexity index is 532. The Kier molecular flexibility index (Phi) is 5.08. The van der Waals surface area contributed by atoms with Crippen molar-refractivity contribution in [1.29, 1.82) is 0 Å². The topological polar surface area (TPSA) is 82.1 Å². The molecule has 0 amide bonds. The van der Waals surface area contributed by atoms with Gasteiger partial charge in [-0.15, -0.1) is 0 Å². The average molecular weight is 312 g/mol. The maximum atomic E-state index is 10.1. The molecule has 1 aliphatic rings. The van der Waals surface area contributed by atoms with E-state index in [0.29, 0.717) is 10.6 Å². The zero-order valence-electron chi connectivity index (χ0n) is 12.2. The lowest BCUT2D eigenvalue weighted by molar-refractivity contribution is 0.0444. The molecule has 0 aromatic heterocycles. The van der Waals surface area contributed by atoms with Crippen molar-refractivity contribution < 1.29 is 10.3 Å².